The van der Waals surface area contributed by atoms with Crippen molar-refractivity contribution in [2.24, 2.45) is 0 Å². The minimum atomic E-state index is -0.549. The molecule has 4 amide bonds. The van der Waals surface area contributed by atoms with E-state index in [2.05, 4.69) is 10.3 Å². The van der Waals surface area contributed by atoms with Gasteiger partial charge < -0.3 is 9.64 Å². The molecule has 0 spiro atoms. The van der Waals surface area contributed by atoms with Crippen LogP contribution in [0.1, 0.15) is 63.6 Å². The van der Waals surface area contributed by atoms with Gasteiger partial charge in [-0.25, -0.2) is 14.6 Å². The number of nitrogens with zero attached hydrogens (tertiary/aromatic N) is 4. The molecule has 0 aromatic carbocycles. The topological polar surface area (TPSA) is 96.3 Å². The van der Waals surface area contributed by atoms with E-state index < -0.39 is 11.6 Å². The molecule has 1 unspecified atom stereocenters. The number of aryl methyl sites for hydroxylation is 1. The number of amides is 4. The number of imide groups is 1. The first kappa shape index (κ1) is 21.1. The molecule has 2 aromatic heterocycles. The van der Waals surface area contributed by atoms with E-state index in [9.17, 15) is 14.4 Å². The van der Waals surface area contributed by atoms with Crippen molar-refractivity contribution in [3.63, 3.8) is 0 Å². The van der Waals surface area contributed by atoms with Crippen LogP contribution in [0.2, 0.25) is 0 Å². The standard InChI is InChI=1S/C22H29N5O4/c1-14-15(16-7-5-6-10-25(16)21(30)31-22(2,3)4)8-11-26-18(13-23-19(14)26)27-12-9-17(28)24-20(27)29/h8,11,13,16H,5-7,9-10,12H2,1-4H3,(H,24,28,29). The lowest BCUT2D eigenvalue weighted by Crippen LogP contribution is -2.50. The maximum absolute atomic E-state index is 12.8. The van der Waals surface area contributed by atoms with Gasteiger partial charge in [0.1, 0.15) is 17.1 Å². The van der Waals surface area contributed by atoms with Crippen molar-refractivity contribution < 1.29 is 19.1 Å². The smallest absolute Gasteiger partial charge is 0.410 e. The third-order valence-corrected chi connectivity index (χ3v) is 5.77. The Hall–Kier alpha value is -3.10. The van der Waals surface area contributed by atoms with E-state index in [0.717, 1.165) is 36.0 Å². The summed E-state index contributed by atoms with van der Waals surface area (Å²) < 4.78 is 7.50. The maximum Gasteiger partial charge on any atom is 0.410 e. The van der Waals surface area contributed by atoms with Gasteiger partial charge in [0.25, 0.3) is 0 Å². The van der Waals surface area contributed by atoms with Crippen molar-refractivity contribution in [1.82, 2.24) is 19.6 Å². The summed E-state index contributed by atoms with van der Waals surface area (Å²) in [6, 6.07) is 1.47. The van der Waals surface area contributed by atoms with E-state index in [1.165, 1.54) is 4.90 Å². The van der Waals surface area contributed by atoms with Crippen molar-refractivity contribution in [3.8, 4) is 0 Å². The molecule has 0 radical (unpaired) electrons. The molecule has 1 N–H and O–H groups in total. The molecule has 9 nitrogen and oxygen atoms in total. The van der Waals surface area contributed by atoms with Crippen molar-refractivity contribution in [2.45, 2.75) is 65.0 Å². The normalized spacial score (nSPS) is 20.2. The summed E-state index contributed by atoms with van der Waals surface area (Å²) in [4.78, 5) is 44.5. The van der Waals surface area contributed by atoms with Crippen LogP contribution in [0.15, 0.2) is 18.5 Å². The quantitative estimate of drug-likeness (QED) is 0.791. The fourth-order valence-corrected chi connectivity index (χ4v) is 4.32. The number of nitrogens with one attached hydrogen (secondary N) is 1. The Labute approximate surface area is 181 Å². The highest BCUT2D eigenvalue weighted by Crippen LogP contribution is 2.35. The molecule has 0 aliphatic carbocycles. The van der Waals surface area contributed by atoms with E-state index in [1.54, 1.807) is 6.20 Å². The Morgan fingerprint density at radius 2 is 2.00 bits per heavy atom. The van der Waals surface area contributed by atoms with E-state index >= 15 is 0 Å². The summed E-state index contributed by atoms with van der Waals surface area (Å²) >= 11 is 0. The molecule has 31 heavy (non-hydrogen) atoms. The number of hydrogen-bond acceptors (Lipinski definition) is 5. The van der Waals surface area contributed by atoms with Gasteiger partial charge in [-0.3, -0.25) is 19.4 Å². The van der Waals surface area contributed by atoms with E-state index in [4.69, 9.17) is 4.74 Å². The number of carbonyl (C=O) groups is 3. The van der Waals surface area contributed by atoms with Crippen LogP contribution < -0.4 is 10.2 Å². The zero-order chi connectivity index (χ0) is 22.3. The summed E-state index contributed by atoms with van der Waals surface area (Å²) in [5, 5.41) is 2.35. The minimum absolute atomic E-state index is 0.0790. The minimum Gasteiger partial charge on any atom is -0.444 e. The van der Waals surface area contributed by atoms with Gasteiger partial charge in [-0.2, -0.15) is 0 Å². The predicted octanol–water partition coefficient (Wildman–Crippen LogP) is 3.55. The highest BCUT2D eigenvalue weighted by atomic mass is 16.6. The van der Waals surface area contributed by atoms with Crippen LogP contribution in [0.5, 0.6) is 0 Å². The monoisotopic (exact) mass is 427 g/mol. The number of urea groups is 1. The summed E-state index contributed by atoms with van der Waals surface area (Å²) in [6.07, 6.45) is 6.34. The number of pyridine rings is 1. The molecule has 4 rings (SSSR count). The van der Waals surface area contributed by atoms with Gasteiger partial charge in [0.2, 0.25) is 5.91 Å². The maximum atomic E-state index is 12.8. The van der Waals surface area contributed by atoms with Crippen LogP contribution >= 0.6 is 0 Å². The molecule has 166 valence electrons. The van der Waals surface area contributed by atoms with Gasteiger partial charge >= 0.3 is 12.1 Å². The lowest BCUT2D eigenvalue weighted by atomic mass is 9.93. The molecular weight excluding hydrogens is 398 g/mol. The number of piperidine rings is 1. The molecule has 2 fully saturated rings. The van der Waals surface area contributed by atoms with E-state index in [1.807, 2.05) is 49.3 Å². The molecule has 9 heteroatoms. The largest absolute Gasteiger partial charge is 0.444 e. The molecule has 2 aliphatic rings. The highest BCUT2D eigenvalue weighted by Gasteiger charge is 2.33. The molecule has 2 saturated heterocycles. The summed E-state index contributed by atoms with van der Waals surface area (Å²) in [6.45, 7) is 8.58. The summed E-state index contributed by atoms with van der Waals surface area (Å²) in [5.41, 5.74) is 2.18. The molecule has 2 aromatic rings. The van der Waals surface area contributed by atoms with Crippen LogP contribution in [0.3, 0.4) is 0 Å². The molecule has 4 heterocycles. The first-order valence-corrected chi connectivity index (χ1v) is 10.7. The zero-order valence-corrected chi connectivity index (χ0v) is 18.5. The summed E-state index contributed by atoms with van der Waals surface area (Å²) in [5.74, 6) is 0.343. The SMILES string of the molecule is Cc1c(C2CCCCN2C(=O)OC(C)(C)C)ccn2c(N3CCC(=O)NC3=O)cnc12. The van der Waals surface area contributed by atoms with Crippen LogP contribution in [0, 0.1) is 6.92 Å². The second-order valence-electron chi connectivity index (χ2n) is 9.15. The van der Waals surface area contributed by atoms with Gasteiger partial charge in [0.05, 0.1) is 12.2 Å². The van der Waals surface area contributed by atoms with Gasteiger partial charge in [-0.15, -0.1) is 0 Å². The van der Waals surface area contributed by atoms with Gasteiger partial charge in [0.15, 0.2) is 0 Å². The van der Waals surface area contributed by atoms with Gasteiger partial charge in [0, 0.05) is 25.7 Å². The predicted molar refractivity (Wildman–Crippen MR) is 115 cm³/mol. The molecule has 1 atom stereocenters. The highest BCUT2D eigenvalue weighted by molar-refractivity contribution is 6.05. The number of likely N-dealkylation sites (tertiary alicyclic amines) is 1. The Kier molecular flexibility index (Phi) is 5.36. The lowest BCUT2D eigenvalue weighted by molar-refractivity contribution is -0.120. The first-order valence-electron chi connectivity index (χ1n) is 10.7. The second kappa shape index (κ2) is 7.86. The molecular formula is C22H29N5O4. The molecule has 0 saturated carbocycles. The third-order valence-electron chi connectivity index (χ3n) is 5.77. The first-order chi connectivity index (χ1) is 14.7. The number of anilines is 1. The van der Waals surface area contributed by atoms with Crippen LogP contribution in [0.4, 0.5) is 15.4 Å². The van der Waals surface area contributed by atoms with E-state index in [0.29, 0.717) is 18.9 Å². The number of ether oxygens (including phenoxy) is 1. The molecule has 2 aliphatic heterocycles. The van der Waals surface area contributed by atoms with Crippen molar-refractivity contribution in [2.75, 3.05) is 18.0 Å². The van der Waals surface area contributed by atoms with Crippen LogP contribution in [-0.4, -0.2) is 51.0 Å². The molecule has 0 bridgehead atoms. The Morgan fingerprint density at radius 3 is 2.71 bits per heavy atom. The second-order valence-corrected chi connectivity index (χ2v) is 9.15. The van der Waals surface area contributed by atoms with Gasteiger partial charge in [-0.1, -0.05) is 0 Å². The summed E-state index contributed by atoms with van der Waals surface area (Å²) in [7, 11) is 0. The van der Waals surface area contributed by atoms with Gasteiger partial charge in [-0.05, 0) is 64.2 Å². The Morgan fingerprint density at radius 1 is 1.23 bits per heavy atom. The van der Waals surface area contributed by atoms with E-state index in [-0.39, 0.29) is 24.5 Å². The van der Waals surface area contributed by atoms with Crippen molar-refractivity contribution >= 4 is 29.5 Å². The lowest BCUT2D eigenvalue weighted by Gasteiger charge is -2.37. The van der Waals surface area contributed by atoms with Crippen molar-refractivity contribution in [3.05, 3.63) is 29.6 Å². The van der Waals surface area contributed by atoms with Crippen LogP contribution in [0.25, 0.3) is 5.65 Å². The fourth-order valence-electron chi connectivity index (χ4n) is 4.32. The van der Waals surface area contributed by atoms with Crippen molar-refractivity contribution in [1.29, 1.82) is 0 Å². The number of fused-ring (bicyclic) bond motifs is 1. The zero-order valence-electron chi connectivity index (χ0n) is 18.5. The number of rotatable bonds is 2. The van der Waals surface area contributed by atoms with Crippen LogP contribution in [-0.2, 0) is 9.53 Å². The number of carbonyl (C=O) groups excluding carboxylic acids is 3. The fraction of sp³-hybridized carbons (Fsp3) is 0.545. The number of imidazole rings is 1. The average molecular weight is 428 g/mol. The third kappa shape index (κ3) is 4.08. The number of aromatic nitrogens is 2. The number of hydrogen-bond donors (Lipinski definition) is 1. The Bertz CT molecular complexity index is 1040. The Balaban J connectivity index is 1.67. The average Bonchev–Trinajstić information content (AvgIpc) is 3.12.